The van der Waals surface area contributed by atoms with Crippen LogP contribution in [-0.2, 0) is 21.9 Å². The summed E-state index contributed by atoms with van der Waals surface area (Å²) in [5.41, 5.74) is 3.35. The zero-order valence-electron chi connectivity index (χ0n) is 17.3. The molecule has 156 valence electrons. The van der Waals surface area contributed by atoms with E-state index in [9.17, 15) is 9.59 Å². The van der Waals surface area contributed by atoms with E-state index < -0.39 is 6.04 Å². The highest BCUT2D eigenvalue weighted by molar-refractivity contribution is 9.10. The van der Waals surface area contributed by atoms with E-state index in [2.05, 4.69) is 21.2 Å². The van der Waals surface area contributed by atoms with Crippen LogP contribution in [-0.4, -0.2) is 35.1 Å². The molecule has 0 saturated carbocycles. The van der Waals surface area contributed by atoms with E-state index >= 15 is 0 Å². The van der Waals surface area contributed by atoms with Crippen LogP contribution in [0.1, 0.15) is 37.0 Å². The third-order valence-electron chi connectivity index (χ3n) is 4.73. The number of hydrogen-bond donors (Lipinski definition) is 1. The standard InChI is InChI=1S/C23H29BrN2O2S/c1-4-13-25-23(28)18(3)26(14-20-8-6-5-7-17(20)2)22(27)16-29-15-19-9-11-21(24)12-10-19/h5-12,18H,4,13-16H2,1-3H3,(H,25,28)/t18-/m0/s1. The summed E-state index contributed by atoms with van der Waals surface area (Å²) in [7, 11) is 0. The molecule has 1 atom stereocenters. The number of carbonyl (C=O) groups excluding carboxylic acids is 2. The minimum atomic E-state index is -0.512. The van der Waals surface area contributed by atoms with Crippen molar-refractivity contribution in [2.75, 3.05) is 12.3 Å². The molecule has 0 aromatic heterocycles. The molecule has 0 aliphatic heterocycles. The van der Waals surface area contributed by atoms with E-state index in [0.29, 0.717) is 18.8 Å². The Balaban J connectivity index is 2.05. The highest BCUT2D eigenvalue weighted by atomic mass is 79.9. The first kappa shape index (κ1) is 23.5. The van der Waals surface area contributed by atoms with Crippen molar-refractivity contribution >= 4 is 39.5 Å². The molecule has 1 N–H and O–H groups in total. The van der Waals surface area contributed by atoms with Gasteiger partial charge in [0.15, 0.2) is 0 Å². The van der Waals surface area contributed by atoms with Gasteiger partial charge in [-0.05, 0) is 49.1 Å². The first-order valence-electron chi connectivity index (χ1n) is 9.86. The second-order valence-corrected chi connectivity index (χ2v) is 8.94. The molecule has 6 heteroatoms. The highest BCUT2D eigenvalue weighted by Crippen LogP contribution is 2.19. The smallest absolute Gasteiger partial charge is 0.242 e. The maximum absolute atomic E-state index is 13.0. The summed E-state index contributed by atoms with van der Waals surface area (Å²) in [6.07, 6.45) is 0.868. The Morgan fingerprint density at radius 3 is 2.48 bits per heavy atom. The van der Waals surface area contributed by atoms with Crippen LogP contribution in [0, 0.1) is 6.92 Å². The molecule has 0 radical (unpaired) electrons. The normalized spacial score (nSPS) is 11.7. The lowest BCUT2D eigenvalue weighted by atomic mass is 10.1. The molecule has 0 saturated heterocycles. The molecule has 2 aromatic carbocycles. The van der Waals surface area contributed by atoms with Crippen molar-refractivity contribution in [3.63, 3.8) is 0 Å². The molecule has 0 spiro atoms. The molecular weight excluding hydrogens is 448 g/mol. The van der Waals surface area contributed by atoms with Crippen molar-refractivity contribution in [3.05, 3.63) is 69.7 Å². The second kappa shape index (κ2) is 12.0. The van der Waals surface area contributed by atoms with Crippen LogP contribution in [0.25, 0.3) is 0 Å². The summed E-state index contributed by atoms with van der Waals surface area (Å²) in [6, 6.07) is 15.6. The summed E-state index contributed by atoms with van der Waals surface area (Å²) < 4.78 is 1.04. The van der Waals surface area contributed by atoms with E-state index in [4.69, 9.17) is 0 Å². The van der Waals surface area contributed by atoms with Gasteiger partial charge in [0, 0.05) is 23.3 Å². The molecule has 0 bridgehead atoms. The number of thioether (sulfide) groups is 1. The maximum atomic E-state index is 13.0. The van der Waals surface area contributed by atoms with Gasteiger partial charge in [-0.25, -0.2) is 0 Å². The first-order valence-corrected chi connectivity index (χ1v) is 11.8. The number of nitrogens with zero attached hydrogens (tertiary/aromatic N) is 1. The fourth-order valence-corrected chi connectivity index (χ4v) is 4.00. The van der Waals surface area contributed by atoms with Crippen molar-refractivity contribution in [3.8, 4) is 0 Å². The number of nitrogens with one attached hydrogen (secondary N) is 1. The molecule has 4 nitrogen and oxygen atoms in total. The van der Waals surface area contributed by atoms with Gasteiger partial charge in [-0.15, -0.1) is 11.8 Å². The summed E-state index contributed by atoms with van der Waals surface area (Å²) >= 11 is 5.01. The van der Waals surface area contributed by atoms with Crippen LogP contribution in [0.4, 0.5) is 0 Å². The minimum Gasteiger partial charge on any atom is -0.354 e. The van der Waals surface area contributed by atoms with Gasteiger partial charge in [0.1, 0.15) is 6.04 Å². The molecule has 29 heavy (non-hydrogen) atoms. The third kappa shape index (κ3) is 7.52. The Kier molecular flexibility index (Phi) is 9.74. The first-order chi connectivity index (χ1) is 13.9. The molecule has 2 rings (SSSR count). The van der Waals surface area contributed by atoms with Gasteiger partial charge in [0.05, 0.1) is 5.75 Å². The van der Waals surface area contributed by atoms with Crippen LogP contribution in [0.15, 0.2) is 53.0 Å². The summed E-state index contributed by atoms with van der Waals surface area (Å²) in [5.74, 6) is 0.974. The second-order valence-electron chi connectivity index (χ2n) is 7.03. The zero-order valence-corrected chi connectivity index (χ0v) is 19.7. The Morgan fingerprint density at radius 1 is 1.14 bits per heavy atom. The Morgan fingerprint density at radius 2 is 1.83 bits per heavy atom. The average Bonchev–Trinajstić information content (AvgIpc) is 2.72. The van der Waals surface area contributed by atoms with Gasteiger partial charge < -0.3 is 10.2 Å². The van der Waals surface area contributed by atoms with Crippen LogP contribution >= 0.6 is 27.7 Å². The van der Waals surface area contributed by atoms with Crippen molar-refractivity contribution < 1.29 is 9.59 Å². The van der Waals surface area contributed by atoms with Gasteiger partial charge in [-0.2, -0.15) is 0 Å². The summed E-state index contributed by atoms with van der Waals surface area (Å²) in [6.45, 7) is 6.90. The van der Waals surface area contributed by atoms with E-state index in [1.54, 1.807) is 23.6 Å². The number of rotatable bonds is 10. The van der Waals surface area contributed by atoms with E-state index in [0.717, 1.165) is 27.8 Å². The fraction of sp³-hybridized carbons (Fsp3) is 0.391. The molecule has 2 amide bonds. The van der Waals surface area contributed by atoms with Gasteiger partial charge in [-0.1, -0.05) is 59.3 Å². The van der Waals surface area contributed by atoms with Crippen LogP contribution in [0.5, 0.6) is 0 Å². The number of halogens is 1. The largest absolute Gasteiger partial charge is 0.354 e. The van der Waals surface area contributed by atoms with Gasteiger partial charge in [0.2, 0.25) is 11.8 Å². The topological polar surface area (TPSA) is 49.4 Å². The summed E-state index contributed by atoms with van der Waals surface area (Å²) in [4.78, 5) is 27.3. The van der Waals surface area contributed by atoms with Crippen molar-refractivity contribution in [1.82, 2.24) is 10.2 Å². The number of amides is 2. The molecular formula is C23H29BrN2O2S. The van der Waals surface area contributed by atoms with Gasteiger partial charge >= 0.3 is 0 Å². The molecule has 2 aromatic rings. The lowest BCUT2D eigenvalue weighted by molar-refractivity contribution is -0.138. The fourth-order valence-electron chi connectivity index (χ4n) is 2.87. The van der Waals surface area contributed by atoms with Crippen molar-refractivity contribution in [2.24, 2.45) is 0 Å². The molecule has 0 aliphatic rings. The highest BCUT2D eigenvalue weighted by Gasteiger charge is 2.26. The Bertz CT molecular complexity index is 811. The quantitative estimate of drug-likeness (QED) is 0.528. The average molecular weight is 477 g/mol. The predicted octanol–water partition coefficient (Wildman–Crippen LogP) is 4.93. The number of carbonyl (C=O) groups is 2. The lowest BCUT2D eigenvalue weighted by Crippen LogP contribution is -2.48. The summed E-state index contributed by atoms with van der Waals surface area (Å²) in [5, 5.41) is 2.91. The molecule has 0 unspecified atom stereocenters. The van der Waals surface area contributed by atoms with Crippen molar-refractivity contribution in [2.45, 2.75) is 45.5 Å². The lowest BCUT2D eigenvalue weighted by Gasteiger charge is -2.29. The molecule has 0 fully saturated rings. The number of benzene rings is 2. The number of aryl methyl sites for hydroxylation is 1. The van der Waals surface area contributed by atoms with Gasteiger partial charge in [-0.3, -0.25) is 9.59 Å². The SMILES string of the molecule is CCCNC(=O)[C@H](C)N(Cc1ccccc1C)C(=O)CSCc1ccc(Br)cc1. The minimum absolute atomic E-state index is 0.0190. The zero-order chi connectivity index (χ0) is 21.2. The monoisotopic (exact) mass is 476 g/mol. The van der Waals surface area contributed by atoms with E-state index in [1.807, 2.05) is 62.4 Å². The van der Waals surface area contributed by atoms with Gasteiger partial charge in [0.25, 0.3) is 0 Å². The van der Waals surface area contributed by atoms with E-state index in [1.165, 1.54) is 5.56 Å². The Labute approximate surface area is 186 Å². The molecule has 0 heterocycles. The third-order valence-corrected chi connectivity index (χ3v) is 6.24. The predicted molar refractivity (Wildman–Crippen MR) is 125 cm³/mol. The van der Waals surface area contributed by atoms with Crippen molar-refractivity contribution in [1.29, 1.82) is 0 Å². The Hall–Kier alpha value is -1.79. The van der Waals surface area contributed by atoms with E-state index in [-0.39, 0.29) is 11.8 Å². The molecule has 0 aliphatic carbocycles. The van der Waals surface area contributed by atoms with Crippen LogP contribution in [0.3, 0.4) is 0 Å². The van der Waals surface area contributed by atoms with Crippen LogP contribution < -0.4 is 5.32 Å². The van der Waals surface area contributed by atoms with Crippen LogP contribution in [0.2, 0.25) is 0 Å². The maximum Gasteiger partial charge on any atom is 0.242 e. The number of hydrogen-bond acceptors (Lipinski definition) is 3.